The van der Waals surface area contributed by atoms with Gasteiger partial charge in [0.1, 0.15) is 5.75 Å². The highest BCUT2D eigenvalue weighted by molar-refractivity contribution is 8.01. The van der Waals surface area contributed by atoms with Gasteiger partial charge in [-0.2, -0.15) is 0 Å². The molecular weight excluding hydrogens is 418 g/mol. The number of carbonyl (C=O) groups excluding carboxylic acids is 1. The van der Waals surface area contributed by atoms with Crippen LogP contribution in [-0.2, 0) is 4.79 Å². The van der Waals surface area contributed by atoms with Crippen molar-refractivity contribution in [2.45, 2.75) is 36.3 Å². The smallest absolute Gasteiger partial charge is 0.248 e. The molecule has 170 valence electrons. The highest BCUT2D eigenvalue weighted by Gasteiger charge is 2.33. The first-order chi connectivity index (χ1) is 15.4. The first-order valence-corrected chi connectivity index (χ1v) is 12.3. The molecule has 0 aromatic heterocycles. The van der Waals surface area contributed by atoms with Crippen molar-refractivity contribution in [3.05, 3.63) is 59.7 Å². The van der Waals surface area contributed by atoms with Gasteiger partial charge in [-0.15, -0.1) is 11.8 Å². The average Bonchev–Trinajstić information content (AvgIpc) is 2.78. The normalized spacial score (nSPS) is 18.1. The van der Waals surface area contributed by atoms with Crippen molar-refractivity contribution < 1.29 is 9.90 Å². The fourth-order valence-corrected chi connectivity index (χ4v) is 5.57. The van der Waals surface area contributed by atoms with E-state index < -0.39 is 0 Å². The van der Waals surface area contributed by atoms with Gasteiger partial charge in [0.05, 0.1) is 0 Å². The fourth-order valence-electron chi connectivity index (χ4n) is 4.37. The summed E-state index contributed by atoms with van der Waals surface area (Å²) in [6.07, 6.45) is 4.11. The summed E-state index contributed by atoms with van der Waals surface area (Å²) in [5.74, 6) is 0.374. The third-order valence-electron chi connectivity index (χ3n) is 6.23. The number of benzene rings is 2. The van der Waals surface area contributed by atoms with Crippen LogP contribution in [0.4, 0.5) is 5.69 Å². The van der Waals surface area contributed by atoms with Gasteiger partial charge in [0, 0.05) is 59.7 Å². The van der Waals surface area contributed by atoms with Gasteiger partial charge in [-0.05, 0) is 63.1 Å². The van der Waals surface area contributed by atoms with E-state index in [0.717, 1.165) is 62.4 Å². The molecule has 2 N–H and O–H groups in total. The van der Waals surface area contributed by atoms with E-state index in [1.165, 1.54) is 4.90 Å². The second-order valence-corrected chi connectivity index (χ2v) is 10.7. The Balaban J connectivity index is 1.18. The van der Waals surface area contributed by atoms with Gasteiger partial charge < -0.3 is 15.3 Å². The summed E-state index contributed by atoms with van der Waals surface area (Å²) in [5, 5.41) is 12.8. The average molecular weight is 452 g/mol. The van der Waals surface area contributed by atoms with E-state index in [2.05, 4.69) is 47.2 Å². The second-order valence-electron chi connectivity index (χ2n) is 9.02. The van der Waals surface area contributed by atoms with Crippen molar-refractivity contribution in [2.24, 2.45) is 0 Å². The van der Waals surface area contributed by atoms with Gasteiger partial charge in [-0.1, -0.05) is 24.3 Å². The Kier molecular flexibility index (Phi) is 7.11. The Morgan fingerprint density at radius 1 is 1.06 bits per heavy atom. The molecule has 5 nitrogen and oxygen atoms in total. The molecule has 0 spiro atoms. The summed E-state index contributed by atoms with van der Waals surface area (Å²) < 4.78 is -0.229. The van der Waals surface area contributed by atoms with E-state index in [4.69, 9.17) is 0 Å². The summed E-state index contributed by atoms with van der Waals surface area (Å²) in [4.78, 5) is 18.9. The minimum atomic E-state index is -0.229. The molecule has 1 fully saturated rings. The largest absolute Gasteiger partial charge is 0.508 e. The molecule has 2 aliphatic rings. The Morgan fingerprint density at radius 3 is 2.62 bits per heavy atom. The number of anilines is 1. The van der Waals surface area contributed by atoms with Gasteiger partial charge in [0.25, 0.3) is 0 Å². The Morgan fingerprint density at radius 2 is 1.84 bits per heavy atom. The number of nitrogens with zero attached hydrogens (tertiary/aromatic N) is 2. The van der Waals surface area contributed by atoms with E-state index >= 15 is 0 Å². The number of piperazine rings is 1. The molecule has 0 atom stereocenters. The molecule has 0 unspecified atom stereocenters. The van der Waals surface area contributed by atoms with Crippen molar-refractivity contribution in [3.8, 4) is 5.75 Å². The molecule has 2 heterocycles. The number of fused-ring (bicyclic) bond motifs is 1. The van der Waals surface area contributed by atoms with Gasteiger partial charge in [0.15, 0.2) is 0 Å². The predicted octanol–water partition coefficient (Wildman–Crippen LogP) is 4.38. The van der Waals surface area contributed by atoms with E-state index in [1.807, 2.05) is 30.3 Å². The molecule has 2 aromatic carbocycles. The summed E-state index contributed by atoms with van der Waals surface area (Å²) in [7, 11) is 0. The van der Waals surface area contributed by atoms with E-state index in [-0.39, 0.29) is 10.7 Å². The number of unbranched alkanes of at least 4 members (excludes halogenated alkanes) is 1. The Bertz CT molecular complexity index is 981. The number of nitrogens with one attached hydrogen (secondary N) is 1. The van der Waals surface area contributed by atoms with Gasteiger partial charge >= 0.3 is 0 Å². The molecule has 1 saturated heterocycles. The SMILES string of the molecule is CC1(C)Sc2ccccc2C=C1C(=O)NCCCCN1CCN(c2cccc(O)c2)CC1. The zero-order chi connectivity index (χ0) is 22.6. The quantitative estimate of drug-likeness (QED) is 0.612. The number of rotatable bonds is 7. The van der Waals surface area contributed by atoms with Crippen molar-refractivity contribution in [3.63, 3.8) is 0 Å². The van der Waals surface area contributed by atoms with Crippen LogP contribution in [0, 0.1) is 0 Å². The molecular formula is C26H33N3O2S. The number of thioether (sulfide) groups is 1. The maximum Gasteiger partial charge on any atom is 0.248 e. The lowest BCUT2D eigenvalue weighted by Gasteiger charge is -2.36. The van der Waals surface area contributed by atoms with Crippen LogP contribution < -0.4 is 10.2 Å². The predicted molar refractivity (Wildman–Crippen MR) is 133 cm³/mol. The van der Waals surface area contributed by atoms with Gasteiger partial charge in [0.2, 0.25) is 5.91 Å². The molecule has 0 aliphatic carbocycles. The van der Waals surface area contributed by atoms with Gasteiger partial charge in [-0.25, -0.2) is 0 Å². The number of hydrogen-bond donors (Lipinski definition) is 2. The van der Waals surface area contributed by atoms with E-state index in [0.29, 0.717) is 12.3 Å². The molecule has 4 rings (SSSR count). The Hall–Kier alpha value is -2.44. The van der Waals surface area contributed by atoms with Crippen LogP contribution in [0.3, 0.4) is 0 Å². The summed E-state index contributed by atoms with van der Waals surface area (Å²) in [6.45, 7) is 10.0. The number of aromatic hydroxyl groups is 1. The molecule has 1 amide bonds. The zero-order valence-electron chi connectivity index (χ0n) is 19.0. The number of hydrogen-bond acceptors (Lipinski definition) is 5. The van der Waals surface area contributed by atoms with Crippen molar-refractivity contribution in [2.75, 3.05) is 44.2 Å². The lowest BCUT2D eigenvalue weighted by atomic mass is 9.97. The topological polar surface area (TPSA) is 55.8 Å². The highest BCUT2D eigenvalue weighted by atomic mass is 32.2. The fraction of sp³-hybridized carbons (Fsp3) is 0.423. The number of phenolic OH excluding ortho intramolecular Hbond substituents is 1. The molecule has 0 radical (unpaired) electrons. The molecule has 2 aliphatic heterocycles. The maximum absolute atomic E-state index is 12.9. The first-order valence-electron chi connectivity index (χ1n) is 11.5. The van der Waals surface area contributed by atoms with Crippen molar-refractivity contribution in [1.29, 1.82) is 0 Å². The summed E-state index contributed by atoms with van der Waals surface area (Å²) in [5.41, 5.74) is 3.07. The molecule has 0 bridgehead atoms. The summed E-state index contributed by atoms with van der Waals surface area (Å²) in [6, 6.07) is 15.8. The van der Waals surface area contributed by atoms with Crippen LogP contribution in [0.2, 0.25) is 0 Å². The van der Waals surface area contributed by atoms with Crippen molar-refractivity contribution in [1.82, 2.24) is 10.2 Å². The monoisotopic (exact) mass is 451 g/mol. The van der Waals surface area contributed by atoms with Crippen LogP contribution in [0.1, 0.15) is 32.3 Å². The molecule has 6 heteroatoms. The van der Waals surface area contributed by atoms with Crippen molar-refractivity contribution >= 4 is 29.4 Å². The minimum Gasteiger partial charge on any atom is -0.508 e. The third-order valence-corrected chi connectivity index (χ3v) is 7.55. The maximum atomic E-state index is 12.9. The first kappa shape index (κ1) is 22.7. The van der Waals surface area contributed by atoms with E-state index in [1.54, 1.807) is 17.8 Å². The Labute approximate surface area is 195 Å². The molecule has 32 heavy (non-hydrogen) atoms. The van der Waals surface area contributed by atoms with Crippen LogP contribution >= 0.6 is 11.8 Å². The molecule has 0 saturated carbocycles. The molecule has 2 aromatic rings. The number of carbonyl (C=O) groups is 1. The van der Waals surface area contributed by atoms with E-state index in [9.17, 15) is 9.90 Å². The zero-order valence-corrected chi connectivity index (χ0v) is 19.8. The van der Waals surface area contributed by atoms with Crippen LogP contribution in [-0.4, -0.2) is 59.9 Å². The summed E-state index contributed by atoms with van der Waals surface area (Å²) >= 11 is 1.76. The number of amides is 1. The minimum absolute atomic E-state index is 0.0525. The second kappa shape index (κ2) is 10.0. The number of phenols is 1. The van der Waals surface area contributed by atoms with Gasteiger partial charge in [-0.3, -0.25) is 9.69 Å². The highest BCUT2D eigenvalue weighted by Crippen LogP contribution is 2.44. The lowest BCUT2D eigenvalue weighted by Crippen LogP contribution is -2.46. The van der Waals surface area contributed by atoms with Crippen LogP contribution in [0.25, 0.3) is 6.08 Å². The van der Waals surface area contributed by atoms with Crippen LogP contribution in [0.15, 0.2) is 59.0 Å². The van der Waals surface area contributed by atoms with Crippen LogP contribution in [0.5, 0.6) is 5.75 Å². The standard InChI is InChI=1S/C26H33N3O2S/c1-26(2)23(18-20-8-3-4-11-24(20)32-26)25(31)27-12-5-6-13-28-14-16-29(17-15-28)21-9-7-10-22(30)19-21/h3-4,7-11,18-19,30H,5-6,12-17H2,1-2H3,(H,27,31). The lowest BCUT2D eigenvalue weighted by molar-refractivity contribution is -0.117. The third kappa shape index (κ3) is 5.48.